The fourth-order valence-electron chi connectivity index (χ4n) is 3.17. The monoisotopic (exact) mass is 409 g/mol. The first-order valence-electron chi connectivity index (χ1n) is 9.17. The Morgan fingerprint density at radius 3 is 2.62 bits per heavy atom. The van der Waals surface area contributed by atoms with Gasteiger partial charge in [-0.15, -0.1) is 11.3 Å². The highest BCUT2D eigenvalue weighted by Gasteiger charge is 2.17. The Labute approximate surface area is 169 Å². The lowest BCUT2D eigenvalue weighted by Gasteiger charge is -2.12. The minimum Gasteiger partial charge on any atom is -0.467 e. The molecule has 0 spiro atoms. The van der Waals surface area contributed by atoms with Gasteiger partial charge in [0.2, 0.25) is 5.91 Å². The van der Waals surface area contributed by atoms with Gasteiger partial charge in [-0.3, -0.25) is 18.7 Å². The van der Waals surface area contributed by atoms with E-state index in [0.717, 1.165) is 10.1 Å². The SMILES string of the molecule is O=C(Cn1c(=O)n(Cc2ccco2)c(=O)c2sccc21)NCCc1ccccc1. The number of carbonyl (C=O) groups excluding carboxylic acids is 1. The van der Waals surface area contributed by atoms with E-state index < -0.39 is 5.69 Å². The number of hydrogen-bond donors (Lipinski definition) is 1. The van der Waals surface area contributed by atoms with Crippen LogP contribution in [0.5, 0.6) is 0 Å². The first-order valence-corrected chi connectivity index (χ1v) is 10.1. The van der Waals surface area contributed by atoms with Crippen molar-refractivity contribution in [1.29, 1.82) is 0 Å². The summed E-state index contributed by atoms with van der Waals surface area (Å²) in [7, 11) is 0. The van der Waals surface area contributed by atoms with Crippen LogP contribution in [0.3, 0.4) is 0 Å². The molecule has 148 valence electrons. The van der Waals surface area contributed by atoms with Gasteiger partial charge >= 0.3 is 5.69 Å². The van der Waals surface area contributed by atoms with E-state index in [1.807, 2.05) is 30.3 Å². The van der Waals surface area contributed by atoms with E-state index in [9.17, 15) is 14.4 Å². The van der Waals surface area contributed by atoms with Crippen molar-refractivity contribution in [3.05, 3.63) is 92.3 Å². The molecule has 0 aliphatic carbocycles. The topological polar surface area (TPSA) is 86.2 Å². The van der Waals surface area contributed by atoms with Gasteiger partial charge in [-0.1, -0.05) is 30.3 Å². The minimum absolute atomic E-state index is 0.0220. The van der Waals surface area contributed by atoms with Crippen LogP contribution in [0.15, 0.2) is 74.2 Å². The number of aromatic nitrogens is 2. The zero-order chi connectivity index (χ0) is 20.2. The minimum atomic E-state index is -0.532. The molecule has 1 amide bonds. The van der Waals surface area contributed by atoms with Crippen LogP contribution >= 0.6 is 11.3 Å². The Bertz CT molecular complexity index is 1240. The van der Waals surface area contributed by atoms with E-state index in [1.165, 1.54) is 22.2 Å². The molecule has 0 saturated heterocycles. The van der Waals surface area contributed by atoms with Crippen molar-refractivity contribution in [2.45, 2.75) is 19.5 Å². The Kier molecular flexibility index (Phi) is 5.44. The molecule has 0 fully saturated rings. The third-order valence-electron chi connectivity index (χ3n) is 4.61. The fraction of sp³-hybridized carbons (Fsp3) is 0.190. The van der Waals surface area contributed by atoms with Crippen LogP contribution < -0.4 is 16.6 Å². The molecule has 4 rings (SSSR count). The van der Waals surface area contributed by atoms with E-state index in [1.54, 1.807) is 23.6 Å². The molecule has 0 unspecified atom stereocenters. The molecule has 0 aliphatic rings. The quantitative estimate of drug-likeness (QED) is 0.507. The van der Waals surface area contributed by atoms with Gasteiger partial charge in [0.25, 0.3) is 5.56 Å². The Morgan fingerprint density at radius 1 is 1.03 bits per heavy atom. The predicted molar refractivity (Wildman–Crippen MR) is 111 cm³/mol. The van der Waals surface area contributed by atoms with Crippen LogP contribution in [-0.4, -0.2) is 21.6 Å². The maximum absolute atomic E-state index is 13.0. The Balaban J connectivity index is 1.56. The second kappa shape index (κ2) is 8.32. The summed E-state index contributed by atoms with van der Waals surface area (Å²) in [6, 6.07) is 14.9. The van der Waals surface area contributed by atoms with Crippen molar-refractivity contribution in [3.8, 4) is 0 Å². The van der Waals surface area contributed by atoms with E-state index in [4.69, 9.17) is 4.42 Å². The number of benzene rings is 1. The smallest absolute Gasteiger partial charge is 0.332 e. The van der Waals surface area contributed by atoms with Crippen LogP contribution in [0.4, 0.5) is 0 Å². The summed E-state index contributed by atoms with van der Waals surface area (Å²) >= 11 is 1.25. The lowest BCUT2D eigenvalue weighted by atomic mass is 10.1. The standard InChI is InChI=1S/C21H19N3O4S/c25-18(22-10-8-15-5-2-1-3-6-15)14-23-17-9-12-29-19(17)20(26)24(21(23)27)13-16-7-4-11-28-16/h1-7,9,11-12H,8,10,13-14H2,(H,22,25). The number of carbonyl (C=O) groups is 1. The predicted octanol–water partition coefficient (Wildman–Crippen LogP) is 2.22. The van der Waals surface area contributed by atoms with Crippen molar-refractivity contribution >= 4 is 27.5 Å². The van der Waals surface area contributed by atoms with Crippen molar-refractivity contribution in [1.82, 2.24) is 14.5 Å². The average Bonchev–Trinajstić information content (AvgIpc) is 3.41. The zero-order valence-electron chi connectivity index (χ0n) is 15.5. The van der Waals surface area contributed by atoms with Gasteiger partial charge in [0.1, 0.15) is 17.0 Å². The summed E-state index contributed by atoms with van der Waals surface area (Å²) in [5.41, 5.74) is 0.684. The summed E-state index contributed by atoms with van der Waals surface area (Å²) in [5.74, 6) is 0.220. The first kappa shape index (κ1) is 18.9. The van der Waals surface area contributed by atoms with Crippen molar-refractivity contribution < 1.29 is 9.21 Å². The number of rotatable bonds is 7. The molecule has 1 N–H and O–H groups in total. The molecule has 0 radical (unpaired) electrons. The second-order valence-corrected chi connectivity index (χ2v) is 7.48. The van der Waals surface area contributed by atoms with E-state index in [-0.39, 0.29) is 24.6 Å². The highest BCUT2D eigenvalue weighted by molar-refractivity contribution is 7.17. The van der Waals surface area contributed by atoms with Crippen LogP contribution in [-0.2, 0) is 24.3 Å². The normalized spacial score (nSPS) is 11.0. The number of nitrogens with zero attached hydrogens (tertiary/aromatic N) is 2. The lowest BCUT2D eigenvalue weighted by molar-refractivity contribution is -0.121. The molecule has 4 aromatic rings. The largest absolute Gasteiger partial charge is 0.467 e. The number of fused-ring (bicyclic) bond motifs is 1. The summed E-state index contributed by atoms with van der Waals surface area (Å²) in [6.45, 7) is 0.337. The molecule has 7 nitrogen and oxygen atoms in total. The molecule has 29 heavy (non-hydrogen) atoms. The van der Waals surface area contributed by atoms with Crippen molar-refractivity contribution in [2.24, 2.45) is 0 Å². The van der Waals surface area contributed by atoms with Crippen LogP contribution in [0.2, 0.25) is 0 Å². The highest BCUT2D eigenvalue weighted by atomic mass is 32.1. The molecule has 0 bridgehead atoms. The first-order chi connectivity index (χ1) is 14.1. The van der Waals surface area contributed by atoms with Crippen LogP contribution in [0.25, 0.3) is 10.2 Å². The number of nitrogens with one attached hydrogen (secondary N) is 1. The van der Waals surface area contributed by atoms with E-state index in [2.05, 4.69) is 5.32 Å². The molecule has 1 aromatic carbocycles. The summed E-state index contributed by atoms with van der Waals surface area (Å²) in [5, 5.41) is 4.58. The van der Waals surface area contributed by atoms with Crippen molar-refractivity contribution in [3.63, 3.8) is 0 Å². The second-order valence-electron chi connectivity index (χ2n) is 6.56. The van der Waals surface area contributed by atoms with Gasteiger partial charge in [-0.25, -0.2) is 4.79 Å². The molecule has 3 heterocycles. The van der Waals surface area contributed by atoms with Gasteiger partial charge in [0.15, 0.2) is 0 Å². The third-order valence-corrected chi connectivity index (χ3v) is 5.50. The molecule has 0 aliphatic heterocycles. The lowest BCUT2D eigenvalue weighted by Crippen LogP contribution is -2.42. The summed E-state index contributed by atoms with van der Waals surface area (Å²) in [4.78, 5) is 38.1. The molecular weight excluding hydrogens is 390 g/mol. The molecule has 3 aromatic heterocycles. The molecular formula is C21H19N3O4S. The van der Waals surface area contributed by atoms with E-state index >= 15 is 0 Å². The van der Waals surface area contributed by atoms with Crippen LogP contribution in [0, 0.1) is 0 Å². The average molecular weight is 409 g/mol. The van der Waals surface area contributed by atoms with Gasteiger partial charge in [0, 0.05) is 6.54 Å². The van der Waals surface area contributed by atoms with Crippen LogP contribution in [0.1, 0.15) is 11.3 Å². The summed E-state index contributed by atoms with van der Waals surface area (Å²) < 4.78 is 8.16. The van der Waals surface area contributed by atoms with Gasteiger partial charge < -0.3 is 9.73 Å². The maximum atomic E-state index is 13.0. The molecule has 8 heteroatoms. The number of furan rings is 1. The maximum Gasteiger partial charge on any atom is 0.332 e. The molecule has 0 atom stereocenters. The number of amides is 1. The van der Waals surface area contributed by atoms with Gasteiger partial charge in [-0.05, 0) is 35.6 Å². The highest BCUT2D eigenvalue weighted by Crippen LogP contribution is 2.15. The zero-order valence-corrected chi connectivity index (χ0v) is 16.4. The number of thiophene rings is 1. The Morgan fingerprint density at radius 2 is 1.86 bits per heavy atom. The summed E-state index contributed by atoms with van der Waals surface area (Å²) in [6.07, 6.45) is 2.19. The number of hydrogen-bond acceptors (Lipinski definition) is 5. The van der Waals surface area contributed by atoms with E-state index in [0.29, 0.717) is 28.9 Å². The van der Waals surface area contributed by atoms with Gasteiger partial charge in [0.05, 0.1) is 18.3 Å². The molecule has 0 saturated carbocycles. The van der Waals surface area contributed by atoms with Gasteiger partial charge in [-0.2, -0.15) is 0 Å². The Hall–Kier alpha value is -3.39. The third kappa shape index (κ3) is 4.07. The van der Waals surface area contributed by atoms with Crippen molar-refractivity contribution in [2.75, 3.05) is 6.54 Å². The fourth-order valence-corrected chi connectivity index (χ4v) is 4.02.